The molecule has 0 bridgehead atoms. The summed E-state index contributed by atoms with van der Waals surface area (Å²) in [5, 5.41) is 18.4. The number of ether oxygens (including phenoxy) is 3. The number of pyridine rings is 2. The molecular weight excluding hydrogens is 566 g/mol. The summed E-state index contributed by atoms with van der Waals surface area (Å²) < 4.78 is 97.0. The van der Waals surface area contributed by atoms with Gasteiger partial charge in [-0.05, 0) is 19.1 Å². The second kappa shape index (κ2) is 10.7. The number of nitrogens with one attached hydrogen (secondary N) is 1. The highest BCUT2D eigenvalue weighted by Crippen LogP contribution is 2.59. The molecule has 0 amide bonds. The molecule has 0 spiro atoms. The zero-order valence-corrected chi connectivity index (χ0v) is 21.8. The van der Waals surface area contributed by atoms with Crippen LogP contribution in [0.4, 0.5) is 26.3 Å². The predicted octanol–water partition coefficient (Wildman–Crippen LogP) is 3.76. The van der Waals surface area contributed by atoms with Crippen LogP contribution in [0.25, 0.3) is 10.9 Å². The van der Waals surface area contributed by atoms with E-state index >= 15 is 0 Å². The van der Waals surface area contributed by atoms with Crippen LogP contribution in [0.15, 0.2) is 46.1 Å². The maximum atomic E-state index is 14.3. The summed E-state index contributed by atoms with van der Waals surface area (Å²) in [6, 6.07) is 5.21. The van der Waals surface area contributed by atoms with Gasteiger partial charge in [-0.15, -0.1) is 13.2 Å². The Morgan fingerprint density at radius 1 is 1.15 bits per heavy atom. The van der Waals surface area contributed by atoms with Crippen molar-refractivity contribution in [3.63, 3.8) is 0 Å². The van der Waals surface area contributed by atoms with Crippen LogP contribution in [-0.2, 0) is 11.3 Å². The van der Waals surface area contributed by atoms with Gasteiger partial charge in [0.1, 0.15) is 23.0 Å². The first-order valence-electron chi connectivity index (χ1n) is 12.2. The van der Waals surface area contributed by atoms with Gasteiger partial charge in [-0.3, -0.25) is 9.59 Å². The molecule has 0 saturated carbocycles. The average Bonchev–Trinajstić information content (AvgIpc) is 3.15. The van der Waals surface area contributed by atoms with Crippen LogP contribution in [0.5, 0.6) is 11.5 Å². The van der Waals surface area contributed by atoms with E-state index in [-0.39, 0.29) is 34.5 Å². The molecule has 3 N–H and O–H groups in total. The quantitative estimate of drug-likeness (QED) is 0.357. The SMILES string of the molecule is COc1cc(OC(F)(F)F)ccc1[C@H]1[C@H](c2cc(=O)c3c(=O)n(CC(O)CO)ccc3[nH]2)O[C@@](C)(C(F)(F)F)[C@H]1C. The number of aromatic nitrogens is 2. The number of methoxy groups -OCH3 is 1. The van der Waals surface area contributed by atoms with E-state index in [1.54, 1.807) is 0 Å². The topological polar surface area (TPSA) is 123 Å². The van der Waals surface area contributed by atoms with Crippen molar-refractivity contribution in [3.05, 3.63) is 68.4 Å². The first kappa shape index (κ1) is 30.4. The third-order valence-electron chi connectivity index (χ3n) is 7.37. The molecule has 41 heavy (non-hydrogen) atoms. The third kappa shape index (κ3) is 5.65. The molecule has 0 aliphatic carbocycles. The summed E-state index contributed by atoms with van der Waals surface area (Å²) in [6.07, 6.45) is -11.4. The van der Waals surface area contributed by atoms with Crippen LogP contribution in [0, 0.1) is 5.92 Å². The van der Waals surface area contributed by atoms with Crippen molar-refractivity contribution in [2.45, 2.75) is 56.7 Å². The van der Waals surface area contributed by atoms with E-state index in [4.69, 9.17) is 14.6 Å². The van der Waals surface area contributed by atoms with Crippen LogP contribution in [0.3, 0.4) is 0 Å². The number of halogens is 6. The lowest BCUT2D eigenvalue weighted by molar-refractivity contribution is -0.275. The normalized spacial score (nSPS) is 24.0. The van der Waals surface area contributed by atoms with Crippen molar-refractivity contribution in [2.75, 3.05) is 13.7 Å². The summed E-state index contributed by atoms with van der Waals surface area (Å²) in [4.78, 5) is 28.8. The second-order valence-corrected chi connectivity index (χ2v) is 9.90. The van der Waals surface area contributed by atoms with Gasteiger partial charge in [-0.2, -0.15) is 13.2 Å². The lowest BCUT2D eigenvalue weighted by atomic mass is 9.76. The monoisotopic (exact) mass is 592 g/mol. The van der Waals surface area contributed by atoms with E-state index in [9.17, 15) is 41.0 Å². The number of nitrogens with zero attached hydrogens (tertiary/aromatic N) is 1. The summed E-state index contributed by atoms with van der Waals surface area (Å²) in [5.74, 6) is -3.37. The Labute approximate surface area is 227 Å². The number of alkyl halides is 6. The van der Waals surface area contributed by atoms with Gasteiger partial charge < -0.3 is 34.0 Å². The van der Waals surface area contributed by atoms with Crippen LogP contribution in [0.2, 0.25) is 0 Å². The van der Waals surface area contributed by atoms with E-state index in [1.165, 1.54) is 19.2 Å². The molecule has 2 aromatic heterocycles. The Morgan fingerprint density at radius 2 is 1.83 bits per heavy atom. The summed E-state index contributed by atoms with van der Waals surface area (Å²) in [7, 11) is 1.13. The minimum Gasteiger partial charge on any atom is -0.496 e. The number of aliphatic hydroxyl groups excluding tert-OH is 2. The second-order valence-electron chi connectivity index (χ2n) is 9.90. The van der Waals surface area contributed by atoms with E-state index in [0.29, 0.717) is 0 Å². The Kier molecular flexibility index (Phi) is 7.92. The number of H-pyrrole nitrogens is 1. The Balaban J connectivity index is 1.87. The summed E-state index contributed by atoms with van der Waals surface area (Å²) in [5.41, 5.74) is -4.46. The van der Waals surface area contributed by atoms with E-state index in [0.717, 1.165) is 42.9 Å². The molecule has 0 radical (unpaired) electrons. The van der Waals surface area contributed by atoms with Gasteiger partial charge in [0.15, 0.2) is 11.0 Å². The fourth-order valence-electron chi connectivity index (χ4n) is 5.13. The molecule has 4 rings (SSSR count). The highest BCUT2D eigenvalue weighted by molar-refractivity contribution is 5.77. The number of aliphatic hydroxyl groups is 2. The minimum absolute atomic E-state index is 0.0243. The standard InChI is InChI=1S/C26H26F6N2O7/c1-12-20(15-5-4-14(8-19(15)39-3)40-26(30,31)32)22(41-24(12,2)25(27,28)29)17-9-18(37)21-16(33-17)6-7-34(23(21)38)10-13(36)11-35/h4-9,12-13,20,22,35-36H,10-11H2,1-3H3,(H,33,37)/t12-,13?,20-,22-,24+/m0/s1. The first-order valence-corrected chi connectivity index (χ1v) is 12.2. The fraction of sp³-hybridized carbons (Fsp3) is 0.462. The van der Waals surface area contributed by atoms with Crippen LogP contribution < -0.4 is 20.5 Å². The molecular formula is C26H26F6N2O7. The lowest BCUT2D eigenvalue weighted by Crippen LogP contribution is -2.46. The van der Waals surface area contributed by atoms with Crippen molar-refractivity contribution in [1.29, 1.82) is 0 Å². The molecule has 1 aliphatic rings. The first-order chi connectivity index (χ1) is 19.0. The smallest absolute Gasteiger partial charge is 0.496 e. The van der Waals surface area contributed by atoms with Crippen LogP contribution in [-0.4, -0.2) is 57.7 Å². The van der Waals surface area contributed by atoms with Crippen molar-refractivity contribution < 1.29 is 50.8 Å². The van der Waals surface area contributed by atoms with Crippen molar-refractivity contribution in [1.82, 2.24) is 9.55 Å². The highest BCUT2D eigenvalue weighted by atomic mass is 19.4. The fourth-order valence-corrected chi connectivity index (χ4v) is 5.13. The lowest BCUT2D eigenvalue weighted by Gasteiger charge is -2.32. The highest BCUT2D eigenvalue weighted by Gasteiger charge is 2.65. The maximum Gasteiger partial charge on any atom is 0.573 e. The van der Waals surface area contributed by atoms with Gasteiger partial charge >= 0.3 is 12.5 Å². The molecule has 1 fully saturated rings. The molecule has 1 saturated heterocycles. The Morgan fingerprint density at radius 3 is 2.41 bits per heavy atom. The number of aromatic amines is 1. The molecule has 3 heterocycles. The number of hydrogen-bond acceptors (Lipinski definition) is 7. The van der Waals surface area contributed by atoms with Crippen LogP contribution >= 0.6 is 0 Å². The predicted molar refractivity (Wildman–Crippen MR) is 132 cm³/mol. The zero-order chi connectivity index (χ0) is 30.5. The molecule has 15 heteroatoms. The van der Waals surface area contributed by atoms with E-state index in [1.807, 2.05) is 0 Å². The summed E-state index contributed by atoms with van der Waals surface area (Å²) >= 11 is 0. The van der Waals surface area contributed by atoms with Crippen molar-refractivity contribution >= 4 is 10.9 Å². The van der Waals surface area contributed by atoms with E-state index in [2.05, 4.69) is 9.72 Å². The van der Waals surface area contributed by atoms with Gasteiger partial charge in [-0.1, -0.05) is 13.0 Å². The van der Waals surface area contributed by atoms with Gasteiger partial charge in [-0.25, -0.2) is 0 Å². The number of rotatable bonds is 7. The number of benzene rings is 1. The molecule has 3 aromatic rings. The molecule has 1 aromatic carbocycles. The molecule has 1 aliphatic heterocycles. The van der Waals surface area contributed by atoms with Gasteiger partial charge in [0, 0.05) is 41.4 Å². The average molecular weight is 592 g/mol. The molecule has 1 unspecified atom stereocenters. The number of hydrogen-bond donors (Lipinski definition) is 3. The molecule has 9 nitrogen and oxygen atoms in total. The van der Waals surface area contributed by atoms with Crippen LogP contribution in [0.1, 0.15) is 37.1 Å². The summed E-state index contributed by atoms with van der Waals surface area (Å²) in [6.45, 7) is 1.16. The largest absolute Gasteiger partial charge is 0.573 e. The minimum atomic E-state index is -5.02. The Bertz CT molecular complexity index is 1550. The molecule has 5 atom stereocenters. The zero-order valence-electron chi connectivity index (χ0n) is 21.8. The van der Waals surface area contributed by atoms with Gasteiger partial charge in [0.2, 0.25) is 0 Å². The maximum absolute atomic E-state index is 14.3. The van der Waals surface area contributed by atoms with Gasteiger partial charge in [0.25, 0.3) is 5.56 Å². The third-order valence-corrected chi connectivity index (χ3v) is 7.37. The molecule has 224 valence electrons. The Hall–Kier alpha value is -3.56. The van der Waals surface area contributed by atoms with E-state index < -0.39 is 65.5 Å². The van der Waals surface area contributed by atoms with Crippen molar-refractivity contribution in [3.8, 4) is 11.5 Å². The van der Waals surface area contributed by atoms with Gasteiger partial charge in [0.05, 0.1) is 31.9 Å². The number of fused-ring (bicyclic) bond motifs is 1. The van der Waals surface area contributed by atoms with Crippen molar-refractivity contribution in [2.24, 2.45) is 5.92 Å².